The summed E-state index contributed by atoms with van der Waals surface area (Å²) in [7, 11) is 1.81. The molecule has 1 amide bonds. The van der Waals surface area contributed by atoms with Crippen molar-refractivity contribution in [3.63, 3.8) is 0 Å². The molecule has 0 aromatic heterocycles. The Morgan fingerprint density at radius 3 is 2.40 bits per heavy atom. The number of nitrogens with zero attached hydrogens (tertiary/aromatic N) is 1. The molecule has 4 heteroatoms. The number of carbonyl (C=O) groups is 1. The van der Waals surface area contributed by atoms with Crippen molar-refractivity contribution in [1.82, 2.24) is 0 Å². The van der Waals surface area contributed by atoms with Crippen LogP contribution in [0.5, 0.6) is 0 Å². The number of amides is 1. The minimum absolute atomic E-state index is 0.0408. The molecule has 0 saturated heterocycles. The number of carbonyl (C=O) groups excluding carboxylic acids is 1. The number of halogens is 1. The molecule has 0 N–H and O–H groups in total. The summed E-state index contributed by atoms with van der Waals surface area (Å²) in [5, 5.41) is 0. The van der Waals surface area contributed by atoms with Gasteiger partial charge in [-0.3, -0.25) is 4.90 Å². The molecule has 2 aromatic rings. The van der Waals surface area contributed by atoms with Crippen molar-refractivity contribution < 1.29 is 13.9 Å². The van der Waals surface area contributed by atoms with Crippen LogP contribution < -0.4 is 4.90 Å². The molecule has 4 aliphatic carbocycles. The van der Waals surface area contributed by atoms with E-state index in [2.05, 4.69) is 13.8 Å². The number of hydrogen-bond donors (Lipinski definition) is 0. The first kappa shape index (κ1) is 27.8. The summed E-state index contributed by atoms with van der Waals surface area (Å²) in [5.74, 6) is 3.92. The zero-order valence-corrected chi connectivity index (χ0v) is 24.8. The predicted molar refractivity (Wildman–Crippen MR) is 160 cm³/mol. The van der Waals surface area contributed by atoms with Crippen LogP contribution in [0.15, 0.2) is 54.6 Å². The van der Waals surface area contributed by atoms with E-state index >= 15 is 0 Å². The maximum atomic E-state index is 13.3. The molecule has 0 heterocycles. The molecule has 4 saturated carbocycles. The summed E-state index contributed by atoms with van der Waals surface area (Å²) in [6.45, 7) is 5.23. The number of hydrogen-bond acceptors (Lipinski definition) is 2. The van der Waals surface area contributed by atoms with E-state index in [0.717, 1.165) is 48.6 Å². The average Bonchev–Trinajstić information content (AvgIpc) is 3.30. The monoisotopic (exact) mass is 545 g/mol. The highest BCUT2D eigenvalue weighted by atomic mass is 19.1. The lowest BCUT2D eigenvalue weighted by Crippen LogP contribution is -2.54. The van der Waals surface area contributed by atoms with Gasteiger partial charge in [0.1, 0.15) is 11.9 Å². The van der Waals surface area contributed by atoms with E-state index in [1.807, 2.05) is 49.5 Å². The van der Waals surface area contributed by atoms with Gasteiger partial charge in [-0.1, -0.05) is 44.2 Å². The molecule has 4 aliphatic rings. The Balaban J connectivity index is 1.05. The summed E-state index contributed by atoms with van der Waals surface area (Å²) < 4.78 is 19.4. The Morgan fingerprint density at radius 1 is 0.900 bits per heavy atom. The SMILES string of the molecule is CN(C(=O)O[C@H]1CC[C@@]2(C)C(CC[C@@H]3C2CC[C@]2(C)C(CCCc4ccc(F)cc4)CCC32)C1)c1ccccc1. The first-order valence-corrected chi connectivity index (χ1v) is 16.0. The van der Waals surface area contributed by atoms with Crippen LogP contribution in [-0.2, 0) is 11.2 Å². The van der Waals surface area contributed by atoms with Gasteiger partial charge in [0.25, 0.3) is 0 Å². The van der Waals surface area contributed by atoms with Crippen molar-refractivity contribution in [2.75, 3.05) is 11.9 Å². The summed E-state index contributed by atoms with van der Waals surface area (Å²) in [6, 6.07) is 16.9. The predicted octanol–water partition coefficient (Wildman–Crippen LogP) is 9.45. The van der Waals surface area contributed by atoms with Crippen molar-refractivity contribution in [3.8, 4) is 0 Å². The highest BCUT2D eigenvalue weighted by Gasteiger charge is 2.60. The Morgan fingerprint density at radius 2 is 1.62 bits per heavy atom. The van der Waals surface area contributed by atoms with E-state index < -0.39 is 0 Å². The number of anilines is 1. The highest BCUT2D eigenvalue weighted by Crippen LogP contribution is 2.68. The summed E-state index contributed by atoms with van der Waals surface area (Å²) in [4.78, 5) is 14.6. The molecular formula is C36H48FNO2. The fraction of sp³-hybridized carbons (Fsp3) is 0.639. The number of ether oxygens (including phenoxy) is 1. The Kier molecular flexibility index (Phi) is 7.74. The van der Waals surface area contributed by atoms with Gasteiger partial charge in [-0.05, 0) is 147 Å². The molecule has 3 nitrogen and oxygen atoms in total. The molecule has 216 valence electrons. The molecule has 8 atom stereocenters. The van der Waals surface area contributed by atoms with Gasteiger partial charge in [0, 0.05) is 12.7 Å². The van der Waals surface area contributed by atoms with Gasteiger partial charge in [0.05, 0.1) is 0 Å². The minimum Gasteiger partial charge on any atom is -0.446 e. The minimum atomic E-state index is -0.224. The molecule has 4 fully saturated rings. The number of aryl methyl sites for hydroxylation is 1. The normalized spacial score (nSPS) is 36.7. The Hall–Kier alpha value is -2.36. The van der Waals surface area contributed by atoms with E-state index in [1.165, 1.54) is 63.4 Å². The summed E-state index contributed by atoms with van der Waals surface area (Å²) >= 11 is 0. The van der Waals surface area contributed by atoms with Crippen molar-refractivity contribution >= 4 is 11.8 Å². The van der Waals surface area contributed by atoms with Crippen LogP contribution in [0.4, 0.5) is 14.9 Å². The van der Waals surface area contributed by atoms with E-state index in [4.69, 9.17) is 4.74 Å². The molecule has 0 radical (unpaired) electrons. The average molecular weight is 546 g/mol. The molecule has 40 heavy (non-hydrogen) atoms. The third-order valence-corrected chi connectivity index (χ3v) is 12.4. The van der Waals surface area contributed by atoms with Gasteiger partial charge in [0.2, 0.25) is 0 Å². The molecular weight excluding hydrogens is 497 g/mol. The first-order valence-electron chi connectivity index (χ1n) is 16.0. The second-order valence-corrected chi connectivity index (χ2v) is 14.2. The zero-order chi connectivity index (χ0) is 27.9. The van der Waals surface area contributed by atoms with Crippen molar-refractivity contribution in [3.05, 3.63) is 66.0 Å². The quantitative estimate of drug-likeness (QED) is 0.362. The first-order chi connectivity index (χ1) is 19.3. The Labute approximate surface area is 240 Å². The lowest BCUT2D eigenvalue weighted by atomic mass is 9.44. The molecule has 6 rings (SSSR count). The number of para-hydroxylation sites is 1. The van der Waals surface area contributed by atoms with Crippen LogP contribution in [-0.4, -0.2) is 19.2 Å². The zero-order valence-electron chi connectivity index (χ0n) is 24.8. The highest BCUT2D eigenvalue weighted by molar-refractivity contribution is 5.86. The van der Waals surface area contributed by atoms with Crippen molar-refractivity contribution in [1.29, 1.82) is 0 Å². The van der Waals surface area contributed by atoms with Crippen molar-refractivity contribution in [2.24, 2.45) is 40.4 Å². The lowest BCUT2D eigenvalue weighted by Gasteiger charge is -2.61. The third kappa shape index (κ3) is 5.09. The van der Waals surface area contributed by atoms with Crippen LogP contribution in [0.25, 0.3) is 0 Å². The summed E-state index contributed by atoms with van der Waals surface area (Å²) in [6.07, 6.45) is 14.8. The number of rotatable bonds is 6. The van der Waals surface area contributed by atoms with Crippen LogP contribution in [0, 0.1) is 46.2 Å². The smallest absolute Gasteiger partial charge is 0.414 e. The molecule has 0 aliphatic heterocycles. The second kappa shape index (κ2) is 11.1. The molecule has 0 spiro atoms. The van der Waals surface area contributed by atoms with Crippen molar-refractivity contribution in [2.45, 2.75) is 97.0 Å². The van der Waals surface area contributed by atoms with Crippen LogP contribution >= 0.6 is 0 Å². The maximum absolute atomic E-state index is 13.3. The fourth-order valence-electron chi connectivity index (χ4n) is 10.1. The van der Waals surface area contributed by atoms with Crippen LogP contribution in [0.2, 0.25) is 0 Å². The van der Waals surface area contributed by atoms with Gasteiger partial charge in [0.15, 0.2) is 0 Å². The summed E-state index contributed by atoms with van der Waals surface area (Å²) in [5.41, 5.74) is 3.02. The van der Waals surface area contributed by atoms with Gasteiger partial charge >= 0.3 is 6.09 Å². The molecule has 2 aromatic carbocycles. The lowest BCUT2D eigenvalue weighted by molar-refractivity contribution is -0.127. The van der Waals surface area contributed by atoms with E-state index in [1.54, 1.807) is 17.0 Å². The van der Waals surface area contributed by atoms with Gasteiger partial charge in [-0.15, -0.1) is 0 Å². The number of fused-ring (bicyclic) bond motifs is 5. The fourth-order valence-corrected chi connectivity index (χ4v) is 10.1. The van der Waals surface area contributed by atoms with Crippen LogP contribution in [0.3, 0.4) is 0 Å². The molecule has 4 unspecified atom stereocenters. The Bertz CT molecular complexity index is 1170. The van der Waals surface area contributed by atoms with Gasteiger partial charge in [-0.2, -0.15) is 0 Å². The third-order valence-electron chi connectivity index (χ3n) is 12.4. The molecule has 0 bridgehead atoms. The van der Waals surface area contributed by atoms with Gasteiger partial charge < -0.3 is 4.74 Å². The topological polar surface area (TPSA) is 29.5 Å². The number of benzene rings is 2. The van der Waals surface area contributed by atoms with E-state index in [-0.39, 0.29) is 18.0 Å². The van der Waals surface area contributed by atoms with E-state index in [9.17, 15) is 9.18 Å². The second-order valence-electron chi connectivity index (χ2n) is 14.2. The largest absolute Gasteiger partial charge is 0.446 e. The van der Waals surface area contributed by atoms with Gasteiger partial charge in [-0.25, -0.2) is 9.18 Å². The standard InChI is InChI=1S/C36H48FNO2/c1-35-23-21-33-31(32(35)19-15-26(35)9-7-8-25-12-16-28(37)17-13-25)18-14-27-24-30(20-22-36(27,33)2)40-34(39)38(3)29-10-5-4-6-11-29/h4-6,10-13,16-17,26-27,30-33H,7-9,14-15,18-24H2,1-3H3/t26?,27?,30-,31-,32?,33?,35+,36-/m0/s1. The van der Waals surface area contributed by atoms with E-state index in [0.29, 0.717) is 16.7 Å². The maximum Gasteiger partial charge on any atom is 0.414 e. The van der Waals surface area contributed by atoms with Crippen LogP contribution in [0.1, 0.15) is 90.0 Å².